The number of aromatic nitrogens is 1. The number of hydrogen-bond acceptors (Lipinski definition) is 3. The topological polar surface area (TPSA) is 38.1 Å². The van der Waals surface area contributed by atoms with Gasteiger partial charge in [-0.2, -0.15) is 13.2 Å². The van der Waals surface area contributed by atoms with Gasteiger partial charge in [-0.15, -0.1) is 0 Å². The van der Waals surface area contributed by atoms with E-state index in [0.29, 0.717) is 11.9 Å². The predicted octanol–water partition coefficient (Wildman–Crippen LogP) is 7.05. The minimum Gasteiger partial charge on any atom is -0.464 e. The average molecular weight is 410 g/mol. The van der Waals surface area contributed by atoms with Crippen molar-refractivity contribution in [3.63, 3.8) is 0 Å². The third-order valence-corrected chi connectivity index (χ3v) is 5.23. The molecule has 0 spiro atoms. The molecular weight excluding hydrogens is 389 g/mol. The number of furan rings is 1. The Bertz CT molecular complexity index is 1210. The van der Waals surface area contributed by atoms with Crippen molar-refractivity contribution in [2.45, 2.75) is 33.5 Å². The number of anilines is 1. The van der Waals surface area contributed by atoms with Gasteiger partial charge in [-0.3, -0.25) is 4.98 Å². The second-order valence-electron chi connectivity index (χ2n) is 7.40. The summed E-state index contributed by atoms with van der Waals surface area (Å²) in [5.74, 6) is 1.72. The molecule has 0 radical (unpaired) electrons. The molecule has 0 fully saturated rings. The fourth-order valence-corrected chi connectivity index (χ4v) is 3.65. The van der Waals surface area contributed by atoms with Crippen LogP contribution in [0.2, 0.25) is 0 Å². The highest BCUT2D eigenvalue weighted by Gasteiger charge is 2.33. The highest BCUT2D eigenvalue weighted by atomic mass is 19.4. The van der Waals surface area contributed by atoms with E-state index in [4.69, 9.17) is 4.42 Å². The number of aryl methyl sites for hydroxylation is 3. The number of fused-ring (bicyclic) bond motifs is 1. The zero-order valence-electron chi connectivity index (χ0n) is 16.9. The van der Waals surface area contributed by atoms with E-state index in [2.05, 4.69) is 10.3 Å². The van der Waals surface area contributed by atoms with Gasteiger partial charge in [-0.25, -0.2) is 0 Å². The molecular formula is C24H21F3N2O. The number of hydrogen-bond donors (Lipinski definition) is 1. The third kappa shape index (κ3) is 3.77. The van der Waals surface area contributed by atoms with E-state index in [0.717, 1.165) is 45.5 Å². The van der Waals surface area contributed by atoms with Crippen molar-refractivity contribution >= 4 is 16.6 Å². The number of halogens is 3. The third-order valence-electron chi connectivity index (χ3n) is 5.23. The predicted molar refractivity (Wildman–Crippen MR) is 112 cm³/mol. The molecule has 1 N–H and O–H groups in total. The van der Waals surface area contributed by atoms with Gasteiger partial charge in [0, 0.05) is 17.3 Å². The van der Waals surface area contributed by atoms with Crippen molar-refractivity contribution in [1.82, 2.24) is 4.98 Å². The van der Waals surface area contributed by atoms with Gasteiger partial charge in [0.25, 0.3) is 0 Å². The summed E-state index contributed by atoms with van der Waals surface area (Å²) >= 11 is 0. The van der Waals surface area contributed by atoms with Crippen molar-refractivity contribution in [2.75, 3.05) is 5.32 Å². The van der Waals surface area contributed by atoms with Crippen LogP contribution in [-0.4, -0.2) is 4.98 Å². The Morgan fingerprint density at radius 1 is 0.967 bits per heavy atom. The monoisotopic (exact) mass is 410 g/mol. The van der Waals surface area contributed by atoms with E-state index in [1.165, 1.54) is 12.3 Å². The van der Waals surface area contributed by atoms with Crippen LogP contribution in [-0.2, 0) is 12.7 Å². The summed E-state index contributed by atoms with van der Waals surface area (Å²) < 4.78 is 46.0. The van der Waals surface area contributed by atoms with E-state index in [1.54, 1.807) is 6.07 Å². The SMILES string of the molecule is Cc1cc(CNc2cccc(-c3c(C)cnc4c(C(F)(F)F)cccc34)c2)oc1C. The van der Waals surface area contributed by atoms with E-state index < -0.39 is 11.7 Å². The molecule has 0 atom stereocenters. The second-order valence-corrected chi connectivity index (χ2v) is 7.40. The molecule has 0 saturated carbocycles. The molecule has 0 unspecified atom stereocenters. The molecule has 0 saturated heterocycles. The second kappa shape index (κ2) is 7.52. The number of nitrogens with one attached hydrogen (secondary N) is 1. The molecule has 0 amide bonds. The first-order chi connectivity index (χ1) is 14.2. The Labute approximate surface area is 172 Å². The van der Waals surface area contributed by atoms with Crippen molar-refractivity contribution in [2.24, 2.45) is 0 Å². The van der Waals surface area contributed by atoms with Crippen molar-refractivity contribution in [3.8, 4) is 11.1 Å². The maximum Gasteiger partial charge on any atom is 0.418 e. The normalized spacial score (nSPS) is 11.8. The van der Waals surface area contributed by atoms with Gasteiger partial charge >= 0.3 is 6.18 Å². The van der Waals surface area contributed by atoms with Crippen LogP contribution >= 0.6 is 0 Å². The van der Waals surface area contributed by atoms with Crippen LogP contribution in [0.4, 0.5) is 18.9 Å². The molecule has 2 aromatic heterocycles. The van der Waals surface area contributed by atoms with Crippen LogP contribution in [0.25, 0.3) is 22.0 Å². The highest BCUT2D eigenvalue weighted by Crippen LogP contribution is 2.38. The molecule has 2 aromatic carbocycles. The number of benzene rings is 2. The summed E-state index contributed by atoms with van der Waals surface area (Å²) in [7, 11) is 0. The Hall–Kier alpha value is -3.28. The molecule has 0 aliphatic heterocycles. The fraction of sp³-hybridized carbons (Fsp3) is 0.208. The highest BCUT2D eigenvalue weighted by molar-refractivity contribution is 5.98. The van der Waals surface area contributed by atoms with Crippen LogP contribution in [0.3, 0.4) is 0 Å². The van der Waals surface area contributed by atoms with Gasteiger partial charge in [0.1, 0.15) is 11.5 Å². The first-order valence-electron chi connectivity index (χ1n) is 9.60. The van der Waals surface area contributed by atoms with Crippen molar-refractivity contribution < 1.29 is 17.6 Å². The summed E-state index contributed by atoms with van der Waals surface area (Å²) in [6.45, 7) is 6.30. The minimum absolute atomic E-state index is 0.0366. The zero-order chi connectivity index (χ0) is 21.5. The quantitative estimate of drug-likeness (QED) is 0.392. The summed E-state index contributed by atoms with van der Waals surface area (Å²) in [6, 6.07) is 13.8. The molecule has 2 heterocycles. The lowest BCUT2D eigenvalue weighted by atomic mass is 9.95. The largest absolute Gasteiger partial charge is 0.464 e. The summed E-state index contributed by atoms with van der Waals surface area (Å²) in [5, 5.41) is 3.81. The molecule has 0 aliphatic carbocycles. The standard InChI is InChI=1S/C24H21F3N2O/c1-14-10-19(30-16(14)3)13-28-18-7-4-6-17(11-18)22-15(2)12-29-23-20(22)8-5-9-21(23)24(25,26)27/h4-12,28H,13H2,1-3H3. The van der Waals surface area contributed by atoms with E-state index >= 15 is 0 Å². The number of alkyl halides is 3. The van der Waals surface area contributed by atoms with Crippen LogP contribution in [0.5, 0.6) is 0 Å². The van der Waals surface area contributed by atoms with Gasteiger partial charge in [-0.05, 0) is 67.3 Å². The average Bonchev–Trinajstić information content (AvgIpc) is 3.03. The number of nitrogens with zero attached hydrogens (tertiary/aromatic N) is 1. The molecule has 154 valence electrons. The lowest BCUT2D eigenvalue weighted by Crippen LogP contribution is -2.07. The van der Waals surface area contributed by atoms with Gasteiger partial charge in [0.15, 0.2) is 0 Å². The molecule has 30 heavy (non-hydrogen) atoms. The molecule has 4 aromatic rings. The number of rotatable bonds is 4. The van der Waals surface area contributed by atoms with E-state index in [9.17, 15) is 13.2 Å². The van der Waals surface area contributed by atoms with Crippen LogP contribution in [0.15, 0.2) is 59.1 Å². The maximum absolute atomic E-state index is 13.4. The lowest BCUT2D eigenvalue weighted by Gasteiger charge is -2.15. The number of pyridine rings is 1. The fourth-order valence-electron chi connectivity index (χ4n) is 3.65. The van der Waals surface area contributed by atoms with Crippen LogP contribution in [0.1, 0.15) is 28.2 Å². The molecule has 4 rings (SSSR count). The smallest absolute Gasteiger partial charge is 0.418 e. The van der Waals surface area contributed by atoms with Crippen LogP contribution < -0.4 is 5.32 Å². The van der Waals surface area contributed by atoms with E-state index in [-0.39, 0.29) is 5.52 Å². The summed E-state index contributed by atoms with van der Waals surface area (Å²) in [6.07, 6.45) is -2.96. The Morgan fingerprint density at radius 3 is 2.43 bits per heavy atom. The van der Waals surface area contributed by atoms with Gasteiger partial charge < -0.3 is 9.73 Å². The maximum atomic E-state index is 13.4. The van der Waals surface area contributed by atoms with E-state index in [1.807, 2.05) is 51.1 Å². The van der Waals surface area contributed by atoms with Gasteiger partial charge in [-0.1, -0.05) is 24.3 Å². The van der Waals surface area contributed by atoms with Gasteiger partial charge in [0.2, 0.25) is 0 Å². The Balaban J connectivity index is 1.73. The first kappa shape index (κ1) is 20.0. The van der Waals surface area contributed by atoms with Crippen molar-refractivity contribution in [3.05, 3.63) is 82.9 Å². The van der Waals surface area contributed by atoms with Crippen molar-refractivity contribution in [1.29, 1.82) is 0 Å². The summed E-state index contributed by atoms with van der Waals surface area (Å²) in [5.41, 5.74) is 3.59. The van der Waals surface area contributed by atoms with Crippen LogP contribution in [0, 0.1) is 20.8 Å². The minimum atomic E-state index is -4.46. The Morgan fingerprint density at radius 2 is 1.73 bits per heavy atom. The summed E-state index contributed by atoms with van der Waals surface area (Å²) in [4.78, 5) is 4.09. The first-order valence-corrected chi connectivity index (χ1v) is 9.60. The molecule has 6 heteroatoms. The molecule has 0 bridgehead atoms. The Kier molecular flexibility index (Phi) is 5.02. The molecule has 0 aliphatic rings. The van der Waals surface area contributed by atoms with Gasteiger partial charge in [0.05, 0.1) is 17.6 Å². The molecule has 3 nitrogen and oxygen atoms in total. The lowest BCUT2D eigenvalue weighted by molar-refractivity contribution is -0.136. The zero-order valence-corrected chi connectivity index (χ0v) is 16.9. The number of para-hydroxylation sites is 1.